The topological polar surface area (TPSA) is 155 Å². The van der Waals surface area contributed by atoms with Gasteiger partial charge in [0.15, 0.2) is 5.78 Å². The molecule has 2 atom stereocenters. The Morgan fingerprint density at radius 3 is 1.88 bits per heavy atom. The number of nitrogens with zero attached hydrogens (tertiary/aromatic N) is 1. The normalized spacial score (nSPS) is 12.6. The Morgan fingerprint density at radius 1 is 0.854 bits per heavy atom. The van der Waals surface area contributed by atoms with Crippen molar-refractivity contribution in [2.45, 2.75) is 148 Å². The van der Waals surface area contributed by atoms with E-state index in [-0.39, 0.29) is 31.2 Å². The van der Waals surface area contributed by atoms with Crippen LogP contribution in [0.25, 0.3) is 0 Å². The molecule has 0 unspecified atom stereocenters. The lowest BCUT2D eigenvalue weighted by molar-refractivity contribution is -0.137. The Balaban J connectivity index is 0.0000168. The molecule has 0 saturated heterocycles. The van der Waals surface area contributed by atoms with E-state index >= 15 is 0 Å². The first kappa shape index (κ1) is 36.5. The fraction of sp³-hybridized carbons (Fsp3) is 0.781. The van der Waals surface area contributed by atoms with E-state index in [4.69, 9.17) is 10.8 Å². The van der Waals surface area contributed by atoms with Crippen molar-refractivity contribution in [1.29, 1.82) is 0 Å². The Kier molecular flexibility index (Phi) is 21.4. The van der Waals surface area contributed by atoms with E-state index in [0.29, 0.717) is 32.2 Å². The number of Topliss-reactive ketones (excluding diaryl/α,β-unsaturated/α-hetero) is 2. The zero-order valence-electron chi connectivity index (χ0n) is 25.5. The van der Waals surface area contributed by atoms with Gasteiger partial charge in [0.2, 0.25) is 5.91 Å². The number of carbonyl (C=O) groups is 4. The summed E-state index contributed by atoms with van der Waals surface area (Å²) in [5, 5.41) is 11.6. The molecule has 9 nitrogen and oxygen atoms in total. The van der Waals surface area contributed by atoms with E-state index < -0.39 is 12.0 Å². The van der Waals surface area contributed by atoms with Crippen LogP contribution >= 0.6 is 0 Å². The van der Waals surface area contributed by atoms with Crippen LogP contribution in [-0.4, -0.2) is 51.1 Å². The molecule has 236 valence electrons. The number of hydrogen-bond acceptors (Lipinski definition) is 6. The molecular weight excluding hydrogens is 520 g/mol. The van der Waals surface area contributed by atoms with E-state index in [2.05, 4.69) is 15.3 Å². The van der Waals surface area contributed by atoms with Gasteiger partial charge in [-0.1, -0.05) is 83.5 Å². The van der Waals surface area contributed by atoms with Crippen LogP contribution in [0.15, 0.2) is 12.5 Å². The molecule has 0 radical (unpaired) electrons. The van der Waals surface area contributed by atoms with Crippen molar-refractivity contribution < 1.29 is 25.7 Å². The minimum absolute atomic E-state index is 0. The molecule has 1 amide bonds. The third kappa shape index (κ3) is 20.9. The lowest BCUT2D eigenvalue weighted by Crippen LogP contribution is -2.35. The Labute approximate surface area is 248 Å². The van der Waals surface area contributed by atoms with Crippen LogP contribution in [0.5, 0.6) is 0 Å². The van der Waals surface area contributed by atoms with Gasteiger partial charge in [-0.05, 0) is 32.6 Å². The van der Waals surface area contributed by atoms with Crippen LogP contribution in [0.1, 0.15) is 142 Å². The van der Waals surface area contributed by atoms with Gasteiger partial charge in [0.05, 0.1) is 12.4 Å². The summed E-state index contributed by atoms with van der Waals surface area (Å²) in [7, 11) is 0. The number of hydrogen-bond donors (Lipinski definition) is 4. The molecule has 0 spiro atoms. The van der Waals surface area contributed by atoms with Crippen molar-refractivity contribution in [3.05, 3.63) is 18.2 Å². The maximum absolute atomic E-state index is 12.5. The van der Waals surface area contributed by atoms with Crippen LogP contribution in [-0.2, 0) is 25.6 Å². The molecule has 0 saturated carbocycles. The van der Waals surface area contributed by atoms with E-state index in [0.717, 1.165) is 50.6 Å². The second-order valence-corrected chi connectivity index (χ2v) is 11.6. The number of nitrogens with two attached hydrogens (primary N) is 1. The highest BCUT2D eigenvalue weighted by atomic mass is 16.4. The van der Waals surface area contributed by atoms with E-state index in [1.807, 2.05) is 0 Å². The third-order valence-electron chi connectivity index (χ3n) is 7.78. The summed E-state index contributed by atoms with van der Waals surface area (Å²) < 4.78 is 0. The number of H-pyrrole nitrogens is 1. The Morgan fingerprint density at radius 2 is 1.39 bits per heavy atom. The van der Waals surface area contributed by atoms with Gasteiger partial charge < -0.3 is 21.1 Å². The molecule has 0 aromatic carbocycles. The van der Waals surface area contributed by atoms with E-state index in [1.165, 1.54) is 64.7 Å². The average Bonchev–Trinajstić information content (AvgIpc) is 3.44. The highest BCUT2D eigenvalue weighted by Crippen LogP contribution is 2.17. The molecule has 0 aliphatic carbocycles. The van der Waals surface area contributed by atoms with Crippen LogP contribution < -0.4 is 11.1 Å². The molecular formula is C32H58N4O5. The molecule has 0 aliphatic rings. The number of amides is 1. The molecule has 41 heavy (non-hydrogen) atoms. The highest BCUT2D eigenvalue weighted by molar-refractivity contribution is 5.89. The molecule has 1 rings (SSSR count). The fourth-order valence-corrected chi connectivity index (χ4v) is 5.11. The molecule has 0 aliphatic heterocycles. The summed E-state index contributed by atoms with van der Waals surface area (Å²) in [6.45, 7) is 2.13. The predicted molar refractivity (Wildman–Crippen MR) is 165 cm³/mol. The minimum Gasteiger partial charge on any atom is -0.481 e. The molecule has 9 heteroatoms. The zero-order valence-corrected chi connectivity index (χ0v) is 25.5. The second-order valence-electron chi connectivity index (χ2n) is 11.6. The van der Waals surface area contributed by atoms with Crippen molar-refractivity contribution >= 4 is 23.4 Å². The smallest absolute Gasteiger partial charge is 0.303 e. The molecule has 0 bridgehead atoms. The molecule has 1 aromatic rings. The van der Waals surface area contributed by atoms with Crippen molar-refractivity contribution in [3.8, 4) is 0 Å². The molecule has 1 heterocycles. The van der Waals surface area contributed by atoms with Gasteiger partial charge in [0.25, 0.3) is 0 Å². The molecule has 5 N–H and O–H groups in total. The van der Waals surface area contributed by atoms with Crippen molar-refractivity contribution in [2.75, 3.05) is 6.54 Å². The van der Waals surface area contributed by atoms with Crippen LogP contribution in [0.2, 0.25) is 0 Å². The molecule has 0 fully saturated rings. The standard InChI is InChI=1S/C32H56N4O5.H2/c1-26(37)27(22-30(38)29(33)23-28-24-34-25-36-28)18-16-17-21-35-31(39)19-14-12-10-8-6-4-2-3-5-7-9-11-13-15-20-32(40)41;/h24-25,27,29H,2-23,33H2,1H3,(H,34,36)(H,35,39)(H,40,41);1H/t27-,29-;/m0./s1. The summed E-state index contributed by atoms with van der Waals surface area (Å²) in [5.41, 5.74) is 6.82. The summed E-state index contributed by atoms with van der Waals surface area (Å²) in [5.74, 6) is -1.02. The number of imidazole rings is 1. The van der Waals surface area contributed by atoms with Gasteiger partial charge >= 0.3 is 5.97 Å². The van der Waals surface area contributed by atoms with Gasteiger partial charge in [0.1, 0.15) is 5.78 Å². The summed E-state index contributed by atoms with van der Waals surface area (Å²) in [6.07, 6.45) is 23.1. The first-order valence-corrected chi connectivity index (χ1v) is 16.0. The van der Waals surface area contributed by atoms with Crippen LogP contribution in [0.3, 0.4) is 0 Å². The van der Waals surface area contributed by atoms with Crippen molar-refractivity contribution in [1.82, 2.24) is 15.3 Å². The predicted octanol–water partition coefficient (Wildman–Crippen LogP) is 6.30. The van der Waals surface area contributed by atoms with Crippen LogP contribution in [0.4, 0.5) is 0 Å². The number of rotatable bonds is 28. The number of unbranched alkanes of at least 4 members (excludes halogenated alkanes) is 14. The number of aromatic nitrogens is 2. The Hall–Kier alpha value is -2.55. The largest absolute Gasteiger partial charge is 0.481 e. The minimum atomic E-state index is -0.688. The van der Waals surface area contributed by atoms with Gasteiger partial charge in [-0.25, -0.2) is 4.98 Å². The number of aromatic amines is 1. The lowest BCUT2D eigenvalue weighted by Gasteiger charge is -2.16. The summed E-state index contributed by atoms with van der Waals surface area (Å²) in [4.78, 5) is 54.0. The van der Waals surface area contributed by atoms with Gasteiger partial charge in [-0.3, -0.25) is 19.2 Å². The van der Waals surface area contributed by atoms with Crippen molar-refractivity contribution in [2.24, 2.45) is 11.7 Å². The number of ketones is 2. The number of nitrogens with one attached hydrogen (secondary N) is 2. The van der Waals surface area contributed by atoms with E-state index in [1.54, 1.807) is 12.5 Å². The highest BCUT2D eigenvalue weighted by Gasteiger charge is 2.22. The first-order chi connectivity index (χ1) is 19.8. The first-order valence-electron chi connectivity index (χ1n) is 16.0. The van der Waals surface area contributed by atoms with Gasteiger partial charge in [-0.2, -0.15) is 0 Å². The quantitative estimate of drug-likeness (QED) is 0.0850. The number of aliphatic carboxylic acids is 1. The van der Waals surface area contributed by atoms with Crippen molar-refractivity contribution in [3.63, 3.8) is 0 Å². The Bertz CT molecular complexity index is 850. The maximum atomic E-state index is 12.5. The van der Waals surface area contributed by atoms with Gasteiger partial charge in [-0.15, -0.1) is 0 Å². The number of carboxylic acid groups (broad SMARTS) is 1. The SMILES string of the molecule is CC(=O)[C@@H](CCCCNC(=O)CCCCCCCCCCCCCCCCC(=O)O)CC(=O)[C@@H](N)Cc1cnc[nH]1.[HH]. The second kappa shape index (κ2) is 24.1. The number of carbonyl (C=O) groups excluding carboxylic acids is 3. The van der Waals surface area contributed by atoms with Crippen LogP contribution in [0, 0.1) is 5.92 Å². The lowest BCUT2D eigenvalue weighted by atomic mass is 9.90. The van der Waals surface area contributed by atoms with E-state index in [9.17, 15) is 19.2 Å². The summed E-state index contributed by atoms with van der Waals surface area (Å²) in [6, 6.07) is -0.646. The maximum Gasteiger partial charge on any atom is 0.303 e. The number of carboxylic acids is 1. The summed E-state index contributed by atoms with van der Waals surface area (Å²) >= 11 is 0. The molecule has 1 aromatic heterocycles. The van der Waals surface area contributed by atoms with Gasteiger partial charge in [0, 0.05) is 51.5 Å². The average molecular weight is 579 g/mol. The zero-order chi connectivity index (χ0) is 30.1. The monoisotopic (exact) mass is 578 g/mol. The fourth-order valence-electron chi connectivity index (χ4n) is 5.11. The third-order valence-corrected chi connectivity index (χ3v) is 7.78.